The van der Waals surface area contributed by atoms with Crippen LogP contribution in [0.2, 0.25) is 0 Å². The molecule has 1 atom stereocenters. The molecule has 1 aliphatic heterocycles. The molecule has 0 bridgehead atoms. The molecule has 25 heavy (non-hydrogen) atoms. The number of hydrogen-bond donors (Lipinski definition) is 1. The van der Waals surface area contributed by atoms with Gasteiger partial charge >= 0.3 is 0 Å². The van der Waals surface area contributed by atoms with E-state index >= 15 is 0 Å². The molecule has 1 aromatic heterocycles. The lowest BCUT2D eigenvalue weighted by molar-refractivity contribution is -0.132. The number of rotatable bonds is 6. The summed E-state index contributed by atoms with van der Waals surface area (Å²) in [6.07, 6.45) is 3.93. The molecule has 6 nitrogen and oxygen atoms in total. The van der Waals surface area contributed by atoms with Crippen molar-refractivity contribution in [1.29, 1.82) is 0 Å². The van der Waals surface area contributed by atoms with Gasteiger partial charge in [0.05, 0.1) is 12.1 Å². The Morgan fingerprint density at radius 3 is 2.84 bits per heavy atom. The van der Waals surface area contributed by atoms with Crippen LogP contribution in [-0.2, 0) is 17.9 Å². The zero-order valence-corrected chi connectivity index (χ0v) is 14.3. The average molecular weight is 346 g/mol. The lowest BCUT2D eigenvalue weighted by Gasteiger charge is -2.29. The lowest BCUT2D eigenvalue weighted by Crippen LogP contribution is -2.44. The Labute approximate surface area is 146 Å². The van der Waals surface area contributed by atoms with E-state index in [0.29, 0.717) is 32.6 Å². The highest BCUT2D eigenvalue weighted by atomic mass is 19.1. The highest BCUT2D eigenvalue weighted by Gasteiger charge is 2.38. The summed E-state index contributed by atoms with van der Waals surface area (Å²) in [5.74, 6) is -0.298. The molecule has 0 aliphatic carbocycles. The molecule has 3 rings (SSSR count). The first-order valence-electron chi connectivity index (χ1n) is 8.34. The van der Waals surface area contributed by atoms with Crippen LogP contribution in [0.1, 0.15) is 12.0 Å². The van der Waals surface area contributed by atoms with Gasteiger partial charge in [-0.15, -0.1) is 0 Å². The van der Waals surface area contributed by atoms with Gasteiger partial charge in [-0.3, -0.25) is 14.4 Å². The fraction of sp³-hybridized carbons (Fsp3) is 0.444. The number of likely N-dealkylation sites (tertiary alicyclic amines) is 1. The number of likely N-dealkylation sites (N-methyl/N-ethyl adjacent to an activating group) is 1. The summed E-state index contributed by atoms with van der Waals surface area (Å²) in [6, 6.07) is 8.12. The fourth-order valence-electron chi connectivity index (χ4n) is 3.29. The van der Waals surface area contributed by atoms with E-state index in [1.54, 1.807) is 40.2 Å². The minimum Gasteiger partial charge on any atom is -0.387 e. The quantitative estimate of drug-likeness (QED) is 0.851. The van der Waals surface area contributed by atoms with Crippen molar-refractivity contribution in [3.05, 3.63) is 54.1 Å². The van der Waals surface area contributed by atoms with Crippen LogP contribution in [0.4, 0.5) is 4.39 Å². The van der Waals surface area contributed by atoms with Gasteiger partial charge in [0.15, 0.2) is 0 Å². The second-order valence-corrected chi connectivity index (χ2v) is 6.79. The molecule has 134 valence electrons. The fourth-order valence-corrected chi connectivity index (χ4v) is 3.29. The van der Waals surface area contributed by atoms with Crippen LogP contribution in [0.25, 0.3) is 0 Å². The van der Waals surface area contributed by atoms with Crippen molar-refractivity contribution < 1.29 is 14.3 Å². The zero-order valence-electron chi connectivity index (χ0n) is 14.3. The minimum absolute atomic E-state index is 0.0409. The van der Waals surface area contributed by atoms with Crippen LogP contribution >= 0.6 is 0 Å². The first-order valence-corrected chi connectivity index (χ1v) is 8.34. The van der Waals surface area contributed by atoms with Crippen LogP contribution < -0.4 is 0 Å². The number of carbonyl (C=O) groups excluding carboxylic acids is 1. The van der Waals surface area contributed by atoms with Crippen molar-refractivity contribution in [3.63, 3.8) is 0 Å². The predicted octanol–water partition coefficient (Wildman–Crippen LogP) is 1.12. The Hall–Kier alpha value is -2.25. The van der Waals surface area contributed by atoms with Crippen molar-refractivity contribution in [2.75, 3.05) is 26.7 Å². The van der Waals surface area contributed by atoms with E-state index in [9.17, 15) is 14.3 Å². The van der Waals surface area contributed by atoms with E-state index in [4.69, 9.17) is 0 Å². The second kappa shape index (κ2) is 7.33. The summed E-state index contributed by atoms with van der Waals surface area (Å²) in [5.41, 5.74) is 0.0614. The Kier molecular flexibility index (Phi) is 5.15. The van der Waals surface area contributed by atoms with Crippen LogP contribution in [-0.4, -0.2) is 62.9 Å². The summed E-state index contributed by atoms with van der Waals surface area (Å²) in [4.78, 5) is 16.0. The van der Waals surface area contributed by atoms with E-state index in [2.05, 4.69) is 5.10 Å². The molecule has 7 heteroatoms. The Balaban J connectivity index is 1.52. The Bertz CT molecular complexity index is 704. The third kappa shape index (κ3) is 4.64. The van der Waals surface area contributed by atoms with Gasteiger partial charge in [0, 0.05) is 32.0 Å². The standard InChI is InChI=1S/C18H23FN4O2/c1-21(11-15-3-5-16(19)6-4-15)13-18(25)7-10-22(14-18)17(24)12-23-9-2-8-20-23/h2-6,8-9,25H,7,10-14H2,1H3. The highest BCUT2D eigenvalue weighted by molar-refractivity contribution is 5.76. The summed E-state index contributed by atoms with van der Waals surface area (Å²) in [5, 5.41) is 14.8. The lowest BCUT2D eigenvalue weighted by atomic mass is 10.0. The molecule has 1 fully saturated rings. The van der Waals surface area contributed by atoms with Gasteiger partial charge in [0.1, 0.15) is 12.4 Å². The SMILES string of the molecule is CN(Cc1ccc(F)cc1)CC1(O)CCN(C(=O)Cn2cccn2)C1. The zero-order chi connectivity index (χ0) is 17.9. The third-order valence-electron chi connectivity index (χ3n) is 4.47. The average Bonchev–Trinajstić information content (AvgIpc) is 3.19. The Morgan fingerprint density at radius 1 is 1.40 bits per heavy atom. The number of aromatic nitrogens is 2. The predicted molar refractivity (Wildman–Crippen MR) is 91.1 cm³/mol. The van der Waals surface area contributed by atoms with Crippen molar-refractivity contribution in [3.8, 4) is 0 Å². The van der Waals surface area contributed by atoms with Crippen LogP contribution in [0.5, 0.6) is 0 Å². The van der Waals surface area contributed by atoms with E-state index in [1.165, 1.54) is 12.1 Å². The molecular formula is C18H23FN4O2. The van der Waals surface area contributed by atoms with E-state index in [-0.39, 0.29) is 18.3 Å². The van der Waals surface area contributed by atoms with Crippen molar-refractivity contribution in [2.45, 2.75) is 25.1 Å². The molecule has 2 aromatic rings. The summed E-state index contributed by atoms with van der Waals surface area (Å²) >= 11 is 0. The molecule has 1 N–H and O–H groups in total. The minimum atomic E-state index is -0.922. The molecule has 1 saturated heterocycles. The van der Waals surface area contributed by atoms with Crippen LogP contribution in [0.15, 0.2) is 42.7 Å². The number of carbonyl (C=O) groups is 1. The maximum absolute atomic E-state index is 13.0. The van der Waals surface area contributed by atoms with Crippen molar-refractivity contribution in [2.24, 2.45) is 0 Å². The van der Waals surface area contributed by atoms with Crippen molar-refractivity contribution in [1.82, 2.24) is 19.6 Å². The van der Waals surface area contributed by atoms with E-state index in [0.717, 1.165) is 5.56 Å². The molecule has 1 aromatic carbocycles. The van der Waals surface area contributed by atoms with Crippen molar-refractivity contribution >= 4 is 5.91 Å². The summed E-state index contributed by atoms with van der Waals surface area (Å²) in [6.45, 7) is 2.12. The topological polar surface area (TPSA) is 61.6 Å². The number of hydrogen-bond acceptors (Lipinski definition) is 4. The van der Waals surface area contributed by atoms with Gasteiger partial charge in [-0.05, 0) is 37.2 Å². The van der Waals surface area contributed by atoms with Gasteiger partial charge in [-0.2, -0.15) is 5.10 Å². The number of β-amino-alcohol motifs (C(OH)–C–C–N with tert-alkyl or cyclic N) is 1. The van der Waals surface area contributed by atoms with Gasteiger partial charge < -0.3 is 10.0 Å². The van der Waals surface area contributed by atoms with Gasteiger partial charge in [-0.25, -0.2) is 4.39 Å². The largest absolute Gasteiger partial charge is 0.387 e. The monoisotopic (exact) mass is 346 g/mol. The van der Waals surface area contributed by atoms with E-state index < -0.39 is 5.60 Å². The number of benzene rings is 1. The number of amides is 1. The first-order chi connectivity index (χ1) is 11.9. The summed E-state index contributed by atoms with van der Waals surface area (Å²) < 4.78 is 14.6. The van der Waals surface area contributed by atoms with Crippen LogP contribution in [0.3, 0.4) is 0 Å². The first kappa shape index (κ1) is 17.6. The summed E-state index contributed by atoms with van der Waals surface area (Å²) in [7, 11) is 1.91. The maximum atomic E-state index is 13.0. The number of halogens is 1. The smallest absolute Gasteiger partial charge is 0.244 e. The normalized spacial score (nSPS) is 20.4. The van der Waals surface area contributed by atoms with Gasteiger partial charge in [0.2, 0.25) is 5.91 Å². The molecule has 0 radical (unpaired) electrons. The molecule has 0 spiro atoms. The molecule has 0 saturated carbocycles. The molecule has 2 heterocycles. The number of aliphatic hydroxyl groups is 1. The molecular weight excluding hydrogens is 323 g/mol. The Morgan fingerprint density at radius 2 is 2.16 bits per heavy atom. The molecule has 1 unspecified atom stereocenters. The number of nitrogens with zero attached hydrogens (tertiary/aromatic N) is 4. The third-order valence-corrected chi connectivity index (χ3v) is 4.47. The molecule has 1 aliphatic rings. The second-order valence-electron chi connectivity index (χ2n) is 6.79. The van der Waals surface area contributed by atoms with E-state index in [1.807, 2.05) is 11.9 Å². The van der Waals surface area contributed by atoms with Gasteiger partial charge in [0.25, 0.3) is 0 Å². The highest BCUT2D eigenvalue weighted by Crippen LogP contribution is 2.23. The van der Waals surface area contributed by atoms with Crippen LogP contribution in [0, 0.1) is 5.82 Å². The van der Waals surface area contributed by atoms with Gasteiger partial charge in [-0.1, -0.05) is 12.1 Å². The maximum Gasteiger partial charge on any atom is 0.244 e. The molecule has 1 amide bonds.